The van der Waals surface area contributed by atoms with Gasteiger partial charge >= 0.3 is 0 Å². The zero-order valence-corrected chi connectivity index (χ0v) is 20.2. The summed E-state index contributed by atoms with van der Waals surface area (Å²) in [4.78, 5) is 22.4. The maximum atomic E-state index is 12.2. The largest absolute Gasteiger partial charge is 0.358 e. The molecule has 0 radical (unpaired) electrons. The summed E-state index contributed by atoms with van der Waals surface area (Å²) in [5.74, 6) is 1.13. The summed E-state index contributed by atoms with van der Waals surface area (Å²) in [7, 11) is 0. The molecule has 3 rings (SSSR count). The average Bonchev–Trinajstić information content (AvgIpc) is 3.25. The standard InChI is InChI=1S/C22H33N5O.HI/c1-5-23-22(26-17-11-13-27(14-17)21(28)15(2)3)24-12-10-18-16(4)25-20-9-7-6-8-19(18)20;/h6-9,15,17,25H,5,10-14H2,1-4H3,(H2,23,24,26);1H. The topological polar surface area (TPSA) is 72.5 Å². The van der Waals surface area contributed by atoms with Crippen LogP contribution in [-0.4, -0.2) is 54.0 Å². The Morgan fingerprint density at radius 2 is 2.10 bits per heavy atom. The molecule has 1 amide bonds. The molecule has 1 aliphatic heterocycles. The minimum Gasteiger partial charge on any atom is -0.358 e. The van der Waals surface area contributed by atoms with Crippen molar-refractivity contribution in [2.75, 3.05) is 26.2 Å². The number of aromatic nitrogens is 1. The molecule has 1 aromatic heterocycles. The van der Waals surface area contributed by atoms with Gasteiger partial charge in [-0.3, -0.25) is 9.79 Å². The number of halogens is 1. The second kappa shape index (κ2) is 10.8. The van der Waals surface area contributed by atoms with Gasteiger partial charge in [-0.15, -0.1) is 24.0 Å². The third-order valence-electron chi connectivity index (χ3n) is 5.34. The van der Waals surface area contributed by atoms with Crippen molar-refractivity contribution in [1.29, 1.82) is 0 Å². The molecule has 160 valence electrons. The molecule has 3 N–H and O–H groups in total. The Bertz CT molecular complexity index is 845. The second-order valence-electron chi connectivity index (χ2n) is 7.85. The van der Waals surface area contributed by atoms with E-state index in [-0.39, 0.29) is 41.8 Å². The smallest absolute Gasteiger partial charge is 0.225 e. The van der Waals surface area contributed by atoms with Crippen LogP contribution in [0.2, 0.25) is 0 Å². The van der Waals surface area contributed by atoms with Gasteiger partial charge in [0.1, 0.15) is 0 Å². The van der Waals surface area contributed by atoms with Crippen molar-refractivity contribution in [3.63, 3.8) is 0 Å². The highest BCUT2D eigenvalue weighted by atomic mass is 127. The van der Waals surface area contributed by atoms with Crippen LogP contribution < -0.4 is 10.6 Å². The monoisotopic (exact) mass is 511 g/mol. The van der Waals surface area contributed by atoms with E-state index in [1.165, 1.54) is 22.2 Å². The van der Waals surface area contributed by atoms with Gasteiger partial charge in [0.05, 0.1) is 0 Å². The minimum absolute atomic E-state index is 0. The van der Waals surface area contributed by atoms with Gasteiger partial charge in [-0.05, 0) is 38.3 Å². The third-order valence-corrected chi connectivity index (χ3v) is 5.34. The number of H-pyrrole nitrogens is 1. The van der Waals surface area contributed by atoms with E-state index in [1.807, 2.05) is 18.7 Å². The molecule has 2 heterocycles. The Balaban J connectivity index is 0.00000300. The number of carbonyl (C=O) groups is 1. The Labute approximate surface area is 190 Å². The number of hydrogen-bond donors (Lipinski definition) is 3. The summed E-state index contributed by atoms with van der Waals surface area (Å²) < 4.78 is 0. The highest BCUT2D eigenvalue weighted by Gasteiger charge is 2.27. The summed E-state index contributed by atoms with van der Waals surface area (Å²) in [5, 5.41) is 8.13. The number of aromatic amines is 1. The lowest BCUT2D eigenvalue weighted by Crippen LogP contribution is -2.45. The number of nitrogens with one attached hydrogen (secondary N) is 3. The Hall–Kier alpha value is -1.77. The fourth-order valence-electron chi connectivity index (χ4n) is 3.89. The molecule has 0 spiro atoms. The number of aryl methyl sites for hydroxylation is 1. The number of likely N-dealkylation sites (tertiary alicyclic amines) is 1. The number of amides is 1. The predicted molar refractivity (Wildman–Crippen MR) is 131 cm³/mol. The predicted octanol–water partition coefficient (Wildman–Crippen LogP) is 3.45. The molecule has 1 fully saturated rings. The molecule has 0 bridgehead atoms. The fourth-order valence-corrected chi connectivity index (χ4v) is 3.89. The van der Waals surface area contributed by atoms with Crippen molar-refractivity contribution < 1.29 is 4.79 Å². The van der Waals surface area contributed by atoms with Gasteiger partial charge in [0.2, 0.25) is 5.91 Å². The van der Waals surface area contributed by atoms with Crippen molar-refractivity contribution in [3.8, 4) is 0 Å². The molecular formula is C22H34IN5O. The summed E-state index contributed by atoms with van der Waals surface area (Å²) in [6.45, 7) is 11.2. The van der Waals surface area contributed by atoms with E-state index in [4.69, 9.17) is 4.99 Å². The number of rotatable bonds is 6. The normalized spacial score (nSPS) is 16.9. The first-order valence-electron chi connectivity index (χ1n) is 10.4. The maximum Gasteiger partial charge on any atom is 0.225 e. The molecular weight excluding hydrogens is 477 g/mol. The van der Waals surface area contributed by atoms with Crippen molar-refractivity contribution >= 4 is 46.7 Å². The maximum absolute atomic E-state index is 12.2. The number of para-hydroxylation sites is 1. The summed E-state index contributed by atoms with van der Waals surface area (Å²) in [5.41, 5.74) is 3.74. The van der Waals surface area contributed by atoms with Crippen LogP contribution in [0.5, 0.6) is 0 Å². The van der Waals surface area contributed by atoms with Gasteiger partial charge in [0, 0.05) is 54.7 Å². The third kappa shape index (κ3) is 5.87. The Morgan fingerprint density at radius 1 is 1.34 bits per heavy atom. The van der Waals surface area contributed by atoms with E-state index >= 15 is 0 Å². The molecule has 7 heteroatoms. The average molecular weight is 511 g/mol. The van der Waals surface area contributed by atoms with Crippen molar-refractivity contribution in [2.45, 2.75) is 46.6 Å². The first-order chi connectivity index (χ1) is 13.5. The quantitative estimate of drug-likeness (QED) is 0.316. The van der Waals surface area contributed by atoms with E-state index in [2.05, 4.69) is 53.7 Å². The van der Waals surface area contributed by atoms with Crippen LogP contribution in [0, 0.1) is 12.8 Å². The van der Waals surface area contributed by atoms with Gasteiger partial charge in [-0.2, -0.15) is 0 Å². The van der Waals surface area contributed by atoms with E-state index in [9.17, 15) is 4.79 Å². The molecule has 1 saturated heterocycles. The van der Waals surface area contributed by atoms with Gasteiger partial charge in [0.25, 0.3) is 0 Å². The van der Waals surface area contributed by atoms with E-state index in [0.717, 1.165) is 45.0 Å². The van der Waals surface area contributed by atoms with Crippen LogP contribution >= 0.6 is 24.0 Å². The van der Waals surface area contributed by atoms with E-state index in [1.54, 1.807) is 0 Å². The van der Waals surface area contributed by atoms with Crippen molar-refractivity contribution in [3.05, 3.63) is 35.5 Å². The van der Waals surface area contributed by atoms with Crippen LogP contribution in [-0.2, 0) is 11.2 Å². The zero-order chi connectivity index (χ0) is 20.1. The number of guanidine groups is 1. The number of hydrogen-bond acceptors (Lipinski definition) is 2. The first kappa shape index (κ1) is 23.5. The van der Waals surface area contributed by atoms with Gasteiger partial charge in [0.15, 0.2) is 5.96 Å². The molecule has 1 aliphatic rings. The lowest BCUT2D eigenvalue weighted by Gasteiger charge is -2.20. The van der Waals surface area contributed by atoms with Crippen molar-refractivity contribution in [2.24, 2.45) is 10.9 Å². The minimum atomic E-state index is 0. The van der Waals surface area contributed by atoms with Crippen LogP contribution in [0.4, 0.5) is 0 Å². The van der Waals surface area contributed by atoms with Crippen LogP contribution in [0.1, 0.15) is 38.4 Å². The number of carbonyl (C=O) groups excluding carboxylic acids is 1. The van der Waals surface area contributed by atoms with E-state index in [0.29, 0.717) is 0 Å². The molecule has 0 saturated carbocycles. The number of nitrogens with zero attached hydrogens (tertiary/aromatic N) is 2. The number of aliphatic imine (C=N–C) groups is 1. The summed E-state index contributed by atoms with van der Waals surface area (Å²) in [6, 6.07) is 8.68. The molecule has 29 heavy (non-hydrogen) atoms. The Morgan fingerprint density at radius 3 is 2.83 bits per heavy atom. The summed E-state index contributed by atoms with van der Waals surface area (Å²) in [6.07, 6.45) is 1.86. The molecule has 6 nitrogen and oxygen atoms in total. The zero-order valence-electron chi connectivity index (χ0n) is 17.9. The van der Waals surface area contributed by atoms with Crippen LogP contribution in [0.25, 0.3) is 10.9 Å². The highest BCUT2D eigenvalue weighted by Crippen LogP contribution is 2.22. The second-order valence-corrected chi connectivity index (χ2v) is 7.85. The lowest BCUT2D eigenvalue weighted by molar-refractivity contribution is -0.133. The SMILES string of the molecule is CCNC(=NCCc1c(C)[nH]c2ccccc12)NC1CCN(C(=O)C(C)C)C1.I. The van der Waals surface area contributed by atoms with Gasteiger partial charge in [-0.1, -0.05) is 32.0 Å². The molecule has 2 aromatic rings. The van der Waals surface area contributed by atoms with Gasteiger partial charge < -0.3 is 20.5 Å². The number of benzene rings is 1. The lowest BCUT2D eigenvalue weighted by atomic mass is 10.1. The molecule has 1 atom stereocenters. The first-order valence-corrected chi connectivity index (χ1v) is 10.4. The molecule has 0 aliphatic carbocycles. The van der Waals surface area contributed by atoms with Gasteiger partial charge in [-0.25, -0.2) is 0 Å². The summed E-state index contributed by atoms with van der Waals surface area (Å²) >= 11 is 0. The van der Waals surface area contributed by atoms with Crippen LogP contribution in [0.3, 0.4) is 0 Å². The van der Waals surface area contributed by atoms with E-state index < -0.39 is 0 Å². The molecule has 1 unspecified atom stereocenters. The molecule has 1 aromatic carbocycles. The fraction of sp³-hybridized carbons (Fsp3) is 0.545. The van der Waals surface area contributed by atoms with Crippen molar-refractivity contribution in [1.82, 2.24) is 20.5 Å². The van der Waals surface area contributed by atoms with Crippen LogP contribution in [0.15, 0.2) is 29.3 Å². The highest BCUT2D eigenvalue weighted by molar-refractivity contribution is 14.0. The Kier molecular flexibility index (Phi) is 8.79. The number of fused-ring (bicyclic) bond motifs is 1.